The van der Waals surface area contributed by atoms with Gasteiger partial charge in [-0.05, 0) is 77.1 Å². The lowest BCUT2D eigenvalue weighted by Crippen LogP contribution is -2.33. The molecule has 0 bridgehead atoms. The molecular weight excluding hydrogens is 611 g/mol. The first kappa shape index (κ1) is 30.8. The van der Waals surface area contributed by atoms with Crippen molar-refractivity contribution in [1.82, 2.24) is 15.3 Å². The summed E-state index contributed by atoms with van der Waals surface area (Å²) < 4.78 is 0. The van der Waals surface area contributed by atoms with Crippen LogP contribution < -0.4 is 5.32 Å². The number of aromatic nitrogens is 2. The molecule has 0 saturated carbocycles. The molecule has 1 atom stereocenters. The van der Waals surface area contributed by atoms with Gasteiger partial charge in [0.1, 0.15) is 12.0 Å². The summed E-state index contributed by atoms with van der Waals surface area (Å²) in [5.41, 5.74) is 12.8. The first-order valence-corrected chi connectivity index (χ1v) is 16.8. The average molecular weight is 646 g/mol. The van der Waals surface area contributed by atoms with Crippen LogP contribution in [0.2, 0.25) is 0 Å². The third-order valence-electron chi connectivity index (χ3n) is 8.88. The van der Waals surface area contributed by atoms with Crippen molar-refractivity contribution in [3.05, 3.63) is 192 Å². The van der Waals surface area contributed by atoms with Gasteiger partial charge in [-0.1, -0.05) is 140 Å². The van der Waals surface area contributed by atoms with Crippen molar-refractivity contribution < 1.29 is 0 Å². The summed E-state index contributed by atoms with van der Waals surface area (Å²) in [6.07, 6.45) is -0.358. The van der Waals surface area contributed by atoms with E-state index in [0.717, 1.165) is 67.6 Å². The molecule has 6 aromatic carbocycles. The lowest BCUT2D eigenvalue weighted by Gasteiger charge is -2.25. The highest BCUT2D eigenvalue weighted by molar-refractivity contribution is 6.13. The molecule has 0 aliphatic carbocycles. The van der Waals surface area contributed by atoms with E-state index in [4.69, 9.17) is 9.98 Å². The average Bonchev–Trinajstić information content (AvgIpc) is 3.18. The highest BCUT2D eigenvalue weighted by Crippen LogP contribution is 2.34. The summed E-state index contributed by atoms with van der Waals surface area (Å²) >= 11 is 0. The van der Waals surface area contributed by atoms with Crippen molar-refractivity contribution in [2.75, 3.05) is 0 Å². The number of benzene rings is 6. The second kappa shape index (κ2) is 13.6. The van der Waals surface area contributed by atoms with Crippen molar-refractivity contribution in [3.63, 3.8) is 0 Å². The molecule has 1 aliphatic rings. The molecule has 0 amide bonds. The zero-order valence-corrected chi connectivity index (χ0v) is 28.0. The summed E-state index contributed by atoms with van der Waals surface area (Å²) in [7, 11) is 0. The minimum absolute atomic E-state index is 0.358. The molecule has 1 aliphatic heterocycles. The first-order chi connectivity index (χ1) is 24.6. The van der Waals surface area contributed by atoms with E-state index in [2.05, 4.69) is 131 Å². The van der Waals surface area contributed by atoms with Gasteiger partial charge in [0.05, 0.1) is 0 Å². The molecule has 0 radical (unpaired) electrons. The van der Waals surface area contributed by atoms with Crippen molar-refractivity contribution >= 4 is 11.7 Å². The lowest BCUT2D eigenvalue weighted by atomic mass is 9.93. The molecule has 1 aromatic heterocycles. The van der Waals surface area contributed by atoms with Crippen molar-refractivity contribution in [1.29, 1.82) is 0 Å². The SMILES string of the molecule is Cc1cc(C)nc(-c2ccc(-c3cc(-c4ccc(-c5ccccc5)cc4)cc(C4N=C(c5ccccc5)N=C(c5ccccc5)N4)c3)cc2)n1. The molecule has 5 heteroatoms. The predicted molar refractivity (Wildman–Crippen MR) is 205 cm³/mol. The normalized spacial score (nSPS) is 14.0. The summed E-state index contributed by atoms with van der Waals surface area (Å²) in [5.74, 6) is 2.23. The molecule has 5 nitrogen and oxygen atoms in total. The van der Waals surface area contributed by atoms with Gasteiger partial charge < -0.3 is 5.32 Å². The van der Waals surface area contributed by atoms with Crippen LogP contribution in [0, 0.1) is 13.8 Å². The fourth-order valence-electron chi connectivity index (χ4n) is 6.37. The van der Waals surface area contributed by atoms with Crippen LogP contribution in [-0.2, 0) is 0 Å². The number of hydrogen-bond acceptors (Lipinski definition) is 5. The Hall–Kier alpha value is -6.46. The molecule has 50 heavy (non-hydrogen) atoms. The topological polar surface area (TPSA) is 62.5 Å². The molecule has 8 rings (SSSR count). The van der Waals surface area contributed by atoms with Crippen LogP contribution in [0.1, 0.15) is 34.2 Å². The van der Waals surface area contributed by atoms with Gasteiger partial charge in [0.2, 0.25) is 0 Å². The standard InChI is InChI=1S/C45H35N5/c1-30-26-31(2)47-42(46-30)38-24-22-35(23-25-38)40-27-39(34-20-18-33(19-21-34)32-12-6-3-7-13-32)28-41(29-40)45-49-43(36-14-8-4-9-15-36)48-44(50-45)37-16-10-5-11-17-37/h3-29,45H,1-2H3,(H,48,49,50). The highest BCUT2D eigenvalue weighted by Gasteiger charge is 2.22. The van der Waals surface area contributed by atoms with Crippen molar-refractivity contribution in [3.8, 4) is 44.8 Å². The Balaban J connectivity index is 1.23. The maximum Gasteiger partial charge on any atom is 0.159 e. The third-order valence-corrected chi connectivity index (χ3v) is 8.88. The Labute approximate surface area is 292 Å². The van der Waals surface area contributed by atoms with E-state index in [1.165, 1.54) is 11.1 Å². The van der Waals surface area contributed by atoms with Gasteiger partial charge in [0.25, 0.3) is 0 Å². The van der Waals surface area contributed by atoms with Gasteiger partial charge in [-0.25, -0.2) is 20.0 Å². The van der Waals surface area contributed by atoms with Gasteiger partial charge in [-0.15, -0.1) is 0 Å². The van der Waals surface area contributed by atoms with E-state index < -0.39 is 0 Å². The number of aryl methyl sites for hydroxylation is 2. The summed E-state index contributed by atoms with van der Waals surface area (Å²) in [4.78, 5) is 19.6. The Morgan fingerprint density at radius 3 is 1.40 bits per heavy atom. The van der Waals surface area contributed by atoms with Gasteiger partial charge in [0, 0.05) is 28.1 Å². The number of amidine groups is 2. The largest absolute Gasteiger partial charge is 0.344 e. The Morgan fingerprint density at radius 2 is 0.860 bits per heavy atom. The monoisotopic (exact) mass is 645 g/mol. The molecule has 2 heterocycles. The number of rotatable bonds is 7. The van der Waals surface area contributed by atoms with Crippen LogP contribution >= 0.6 is 0 Å². The van der Waals surface area contributed by atoms with Crippen LogP contribution in [0.15, 0.2) is 174 Å². The highest BCUT2D eigenvalue weighted by atomic mass is 15.2. The Bertz CT molecular complexity index is 2310. The fraction of sp³-hybridized carbons (Fsp3) is 0.0667. The Morgan fingerprint density at radius 1 is 0.420 bits per heavy atom. The minimum Gasteiger partial charge on any atom is -0.344 e. The van der Waals surface area contributed by atoms with Crippen LogP contribution in [0.25, 0.3) is 44.8 Å². The van der Waals surface area contributed by atoms with E-state index >= 15 is 0 Å². The molecule has 0 saturated heterocycles. The van der Waals surface area contributed by atoms with E-state index in [-0.39, 0.29) is 6.17 Å². The van der Waals surface area contributed by atoms with E-state index in [9.17, 15) is 0 Å². The maximum atomic E-state index is 5.19. The molecular formula is C45H35N5. The van der Waals surface area contributed by atoms with Gasteiger partial charge in [-0.2, -0.15) is 0 Å². The first-order valence-electron chi connectivity index (χ1n) is 16.8. The lowest BCUT2D eigenvalue weighted by molar-refractivity contribution is 0.674. The molecule has 240 valence electrons. The van der Waals surface area contributed by atoms with Crippen molar-refractivity contribution in [2.45, 2.75) is 20.0 Å². The van der Waals surface area contributed by atoms with E-state index in [0.29, 0.717) is 5.84 Å². The predicted octanol–water partition coefficient (Wildman–Crippen LogP) is 10.3. The van der Waals surface area contributed by atoms with Gasteiger partial charge in [0.15, 0.2) is 11.7 Å². The molecule has 0 spiro atoms. The summed E-state index contributed by atoms with van der Waals surface area (Å²) in [5, 5.41) is 3.66. The van der Waals surface area contributed by atoms with Gasteiger partial charge in [-0.3, -0.25) is 0 Å². The van der Waals surface area contributed by atoms with Crippen molar-refractivity contribution in [2.24, 2.45) is 9.98 Å². The van der Waals surface area contributed by atoms with Gasteiger partial charge >= 0.3 is 0 Å². The maximum absolute atomic E-state index is 5.19. The van der Waals surface area contributed by atoms with E-state index in [1.54, 1.807) is 0 Å². The number of nitrogens with one attached hydrogen (secondary N) is 1. The zero-order chi connectivity index (χ0) is 33.9. The summed E-state index contributed by atoms with van der Waals surface area (Å²) in [6.45, 7) is 4.01. The second-order valence-electron chi connectivity index (χ2n) is 12.5. The van der Waals surface area contributed by atoms with Crippen LogP contribution in [0.4, 0.5) is 0 Å². The number of hydrogen-bond donors (Lipinski definition) is 1. The minimum atomic E-state index is -0.358. The van der Waals surface area contributed by atoms with Crippen LogP contribution in [-0.4, -0.2) is 21.6 Å². The van der Waals surface area contributed by atoms with Crippen LogP contribution in [0.3, 0.4) is 0 Å². The zero-order valence-electron chi connectivity index (χ0n) is 28.0. The molecule has 7 aromatic rings. The third kappa shape index (κ3) is 6.62. The number of aliphatic imine (C=N–C) groups is 2. The smallest absolute Gasteiger partial charge is 0.159 e. The fourth-order valence-corrected chi connectivity index (χ4v) is 6.37. The molecule has 0 fully saturated rings. The van der Waals surface area contributed by atoms with E-state index in [1.807, 2.05) is 62.4 Å². The number of nitrogens with zero attached hydrogens (tertiary/aromatic N) is 4. The van der Waals surface area contributed by atoms with Crippen LogP contribution in [0.5, 0.6) is 0 Å². The Kier molecular flexibility index (Phi) is 8.37. The summed E-state index contributed by atoms with van der Waals surface area (Å²) in [6, 6.07) is 57.0. The molecule has 1 N–H and O–H groups in total. The molecule has 1 unspecified atom stereocenters. The second-order valence-corrected chi connectivity index (χ2v) is 12.5. The quantitative estimate of drug-likeness (QED) is 0.188.